The lowest BCUT2D eigenvalue weighted by Gasteiger charge is -2.04. The van der Waals surface area contributed by atoms with Gasteiger partial charge < -0.3 is 5.32 Å². The SMILES string of the molecule is CCCc1nc(SCC(=O)Nc2cccnc2Cl)n[nH]1. The van der Waals surface area contributed by atoms with Crippen molar-refractivity contribution in [2.24, 2.45) is 0 Å². The molecule has 0 aromatic carbocycles. The van der Waals surface area contributed by atoms with E-state index in [4.69, 9.17) is 11.6 Å². The molecular formula is C12H14ClN5OS. The summed E-state index contributed by atoms with van der Waals surface area (Å²) < 4.78 is 0. The zero-order valence-electron chi connectivity index (χ0n) is 10.9. The molecule has 1 amide bonds. The number of hydrogen-bond acceptors (Lipinski definition) is 5. The number of pyridine rings is 1. The summed E-state index contributed by atoms with van der Waals surface area (Å²) in [7, 11) is 0. The number of aromatic amines is 1. The van der Waals surface area contributed by atoms with Gasteiger partial charge in [-0.25, -0.2) is 9.97 Å². The number of nitrogens with one attached hydrogen (secondary N) is 2. The van der Waals surface area contributed by atoms with Crippen molar-refractivity contribution < 1.29 is 4.79 Å². The van der Waals surface area contributed by atoms with Crippen LogP contribution in [0.4, 0.5) is 5.69 Å². The van der Waals surface area contributed by atoms with Crippen molar-refractivity contribution in [1.29, 1.82) is 0 Å². The van der Waals surface area contributed by atoms with E-state index in [1.807, 2.05) is 0 Å². The number of amides is 1. The van der Waals surface area contributed by atoms with Gasteiger partial charge in [-0.1, -0.05) is 30.3 Å². The first-order valence-electron chi connectivity index (χ1n) is 6.13. The summed E-state index contributed by atoms with van der Waals surface area (Å²) in [6, 6.07) is 3.41. The molecule has 2 heterocycles. The average Bonchev–Trinajstić information content (AvgIpc) is 2.87. The Balaban J connectivity index is 1.84. The fourth-order valence-electron chi connectivity index (χ4n) is 1.49. The minimum Gasteiger partial charge on any atom is -0.323 e. The molecule has 2 aromatic heterocycles. The Hall–Kier alpha value is -1.60. The molecule has 0 saturated carbocycles. The number of aryl methyl sites for hydroxylation is 1. The topological polar surface area (TPSA) is 83.6 Å². The molecule has 0 aliphatic carbocycles. The molecule has 2 aromatic rings. The van der Waals surface area contributed by atoms with Gasteiger partial charge in [-0.2, -0.15) is 0 Å². The van der Waals surface area contributed by atoms with Gasteiger partial charge in [0, 0.05) is 12.6 Å². The smallest absolute Gasteiger partial charge is 0.234 e. The molecule has 0 atom stereocenters. The lowest BCUT2D eigenvalue weighted by molar-refractivity contribution is -0.113. The van der Waals surface area contributed by atoms with Crippen LogP contribution in [0.1, 0.15) is 19.2 Å². The number of H-pyrrole nitrogens is 1. The Morgan fingerprint density at radius 3 is 3.15 bits per heavy atom. The van der Waals surface area contributed by atoms with Crippen LogP contribution in [0.3, 0.4) is 0 Å². The van der Waals surface area contributed by atoms with Crippen LogP contribution >= 0.6 is 23.4 Å². The van der Waals surface area contributed by atoms with Gasteiger partial charge in [0.25, 0.3) is 0 Å². The molecule has 8 heteroatoms. The summed E-state index contributed by atoms with van der Waals surface area (Å²) in [6.45, 7) is 2.07. The van der Waals surface area contributed by atoms with Crippen LogP contribution in [-0.2, 0) is 11.2 Å². The molecule has 2 N–H and O–H groups in total. The molecule has 0 spiro atoms. The normalized spacial score (nSPS) is 10.5. The van der Waals surface area contributed by atoms with E-state index in [1.54, 1.807) is 18.3 Å². The molecule has 0 radical (unpaired) electrons. The van der Waals surface area contributed by atoms with Crippen molar-refractivity contribution in [2.45, 2.75) is 24.9 Å². The van der Waals surface area contributed by atoms with Crippen LogP contribution in [0.25, 0.3) is 0 Å². The zero-order valence-corrected chi connectivity index (χ0v) is 12.5. The minimum absolute atomic E-state index is 0.174. The van der Waals surface area contributed by atoms with E-state index < -0.39 is 0 Å². The average molecular weight is 312 g/mol. The van der Waals surface area contributed by atoms with Gasteiger partial charge >= 0.3 is 0 Å². The molecule has 0 bridgehead atoms. The highest BCUT2D eigenvalue weighted by Gasteiger charge is 2.09. The van der Waals surface area contributed by atoms with Gasteiger partial charge in [-0.15, -0.1) is 5.10 Å². The van der Waals surface area contributed by atoms with E-state index in [0.29, 0.717) is 10.8 Å². The molecule has 0 fully saturated rings. The molecular weight excluding hydrogens is 298 g/mol. The number of anilines is 1. The summed E-state index contributed by atoms with van der Waals surface area (Å²) in [5.74, 6) is 0.881. The summed E-state index contributed by atoms with van der Waals surface area (Å²) in [5.41, 5.74) is 0.501. The van der Waals surface area contributed by atoms with Crippen molar-refractivity contribution in [3.05, 3.63) is 29.3 Å². The Labute approximate surface area is 125 Å². The van der Waals surface area contributed by atoms with Crippen molar-refractivity contribution in [2.75, 3.05) is 11.1 Å². The molecule has 0 aliphatic rings. The first-order chi connectivity index (χ1) is 9.69. The maximum atomic E-state index is 11.8. The number of carbonyl (C=O) groups is 1. The highest BCUT2D eigenvalue weighted by molar-refractivity contribution is 7.99. The van der Waals surface area contributed by atoms with Crippen LogP contribution in [0, 0.1) is 0 Å². The van der Waals surface area contributed by atoms with Crippen LogP contribution in [-0.4, -0.2) is 31.8 Å². The predicted octanol–water partition coefficient (Wildman–Crippen LogP) is 2.54. The first kappa shape index (κ1) is 14.8. The number of thioether (sulfide) groups is 1. The molecule has 0 saturated heterocycles. The van der Waals surface area contributed by atoms with E-state index >= 15 is 0 Å². The Kier molecular flexibility index (Phi) is 5.37. The summed E-state index contributed by atoms with van der Waals surface area (Å²) in [6.07, 6.45) is 3.42. The monoisotopic (exact) mass is 311 g/mol. The van der Waals surface area contributed by atoms with Gasteiger partial charge in [0.2, 0.25) is 11.1 Å². The van der Waals surface area contributed by atoms with Crippen molar-refractivity contribution in [1.82, 2.24) is 20.2 Å². The Morgan fingerprint density at radius 2 is 2.40 bits per heavy atom. The van der Waals surface area contributed by atoms with E-state index in [1.165, 1.54) is 11.8 Å². The number of hydrogen-bond donors (Lipinski definition) is 2. The van der Waals surface area contributed by atoms with E-state index in [-0.39, 0.29) is 16.8 Å². The quantitative estimate of drug-likeness (QED) is 0.632. The molecule has 2 rings (SSSR count). The van der Waals surface area contributed by atoms with E-state index in [2.05, 4.69) is 32.4 Å². The third-order valence-corrected chi connectivity index (χ3v) is 3.51. The number of rotatable bonds is 6. The van der Waals surface area contributed by atoms with Gasteiger partial charge in [-0.3, -0.25) is 9.89 Å². The third-order valence-electron chi connectivity index (χ3n) is 2.36. The van der Waals surface area contributed by atoms with E-state index in [9.17, 15) is 4.79 Å². The molecule has 6 nitrogen and oxygen atoms in total. The first-order valence-corrected chi connectivity index (χ1v) is 7.50. The Bertz CT molecular complexity index is 589. The zero-order chi connectivity index (χ0) is 14.4. The predicted molar refractivity (Wildman–Crippen MR) is 79.0 cm³/mol. The highest BCUT2D eigenvalue weighted by Crippen LogP contribution is 2.18. The van der Waals surface area contributed by atoms with Gasteiger partial charge in [0.05, 0.1) is 11.4 Å². The maximum Gasteiger partial charge on any atom is 0.234 e. The second-order valence-electron chi connectivity index (χ2n) is 3.99. The second kappa shape index (κ2) is 7.25. The van der Waals surface area contributed by atoms with E-state index in [0.717, 1.165) is 18.7 Å². The number of halogens is 1. The standard InChI is InChI=1S/C12H14ClN5OS/c1-2-4-9-16-12(18-17-9)20-7-10(19)15-8-5-3-6-14-11(8)13/h3,5-6H,2,4,7H2,1H3,(H,15,19)(H,16,17,18). The molecule has 0 unspecified atom stereocenters. The second-order valence-corrected chi connectivity index (χ2v) is 5.29. The van der Waals surface area contributed by atoms with Crippen LogP contribution in [0.5, 0.6) is 0 Å². The fraction of sp³-hybridized carbons (Fsp3) is 0.333. The largest absolute Gasteiger partial charge is 0.323 e. The van der Waals surface area contributed by atoms with Crippen LogP contribution in [0.2, 0.25) is 5.15 Å². The van der Waals surface area contributed by atoms with Crippen LogP contribution < -0.4 is 5.32 Å². The molecule has 20 heavy (non-hydrogen) atoms. The van der Waals surface area contributed by atoms with Crippen molar-refractivity contribution in [3.8, 4) is 0 Å². The van der Waals surface area contributed by atoms with Crippen LogP contribution in [0.15, 0.2) is 23.5 Å². The summed E-state index contributed by atoms with van der Waals surface area (Å²) in [4.78, 5) is 19.9. The summed E-state index contributed by atoms with van der Waals surface area (Å²) >= 11 is 7.13. The van der Waals surface area contributed by atoms with Gasteiger partial charge in [-0.05, 0) is 18.6 Å². The number of nitrogens with zero attached hydrogens (tertiary/aromatic N) is 3. The molecule has 106 valence electrons. The number of carbonyl (C=O) groups excluding carboxylic acids is 1. The van der Waals surface area contributed by atoms with Crippen molar-refractivity contribution >= 4 is 35.0 Å². The number of aromatic nitrogens is 4. The molecule has 0 aliphatic heterocycles. The fourth-order valence-corrected chi connectivity index (χ4v) is 2.27. The lowest BCUT2D eigenvalue weighted by atomic mass is 10.3. The van der Waals surface area contributed by atoms with Crippen molar-refractivity contribution in [3.63, 3.8) is 0 Å². The van der Waals surface area contributed by atoms with Gasteiger partial charge in [0.15, 0.2) is 5.15 Å². The lowest BCUT2D eigenvalue weighted by Crippen LogP contribution is -2.14. The Morgan fingerprint density at radius 1 is 1.55 bits per heavy atom. The maximum absolute atomic E-state index is 11.8. The summed E-state index contributed by atoms with van der Waals surface area (Å²) in [5, 5.41) is 10.4. The third kappa shape index (κ3) is 4.21. The van der Waals surface area contributed by atoms with Gasteiger partial charge in [0.1, 0.15) is 5.82 Å². The minimum atomic E-state index is -0.174. The highest BCUT2D eigenvalue weighted by atomic mass is 35.5.